The lowest BCUT2D eigenvalue weighted by Crippen LogP contribution is -2.55. The van der Waals surface area contributed by atoms with E-state index in [0.29, 0.717) is 13.0 Å². The Labute approximate surface area is 78.0 Å². The smallest absolute Gasteiger partial charge is 0.211 e. The van der Waals surface area contributed by atoms with Crippen molar-refractivity contribution in [3.63, 3.8) is 0 Å². The van der Waals surface area contributed by atoms with Gasteiger partial charge in [-0.3, -0.25) is 4.79 Å². The maximum absolute atomic E-state index is 11.5. The largest absolute Gasteiger partial charge is 0.298 e. The van der Waals surface area contributed by atoms with Crippen molar-refractivity contribution < 1.29 is 13.2 Å². The van der Waals surface area contributed by atoms with Gasteiger partial charge in [0.15, 0.2) is 5.78 Å². The van der Waals surface area contributed by atoms with Gasteiger partial charge in [0.05, 0.1) is 12.3 Å². The van der Waals surface area contributed by atoms with Gasteiger partial charge in [-0.05, 0) is 19.3 Å². The van der Waals surface area contributed by atoms with Crippen molar-refractivity contribution in [1.29, 1.82) is 0 Å². The molecule has 2 fully saturated rings. The molecule has 1 saturated carbocycles. The van der Waals surface area contributed by atoms with Crippen molar-refractivity contribution in [2.24, 2.45) is 5.92 Å². The molecule has 0 aromatic heterocycles. The number of sulfonamides is 1. The maximum Gasteiger partial charge on any atom is 0.211 e. The molecule has 4 nitrogen and oxygen atoms in total. The lowest BCUT2D eigenvalue weighted by molar-refractivity contribution is -0.126. The van der Waals surface area contributed by atoms with Crippen molar-refractivity contribution in [2.75, 3.05) is 12.8 Å². The minimum atomic E-state index is -3.15. The SMILES string of the molecule is CS(=O)(=O)N1CCC1C(=O)C1CC1. The van der Waals surface area contributed by atoms with E-state index in [1.807, 2.05) is 0 Å². The molecule has 0 aromatic carbocycles. The minimum absolute atomic E-state index is 0.136. The van der Waals surface area contributed by atoms with Crippen LogP contribution in [0.2, 0.25) is 0 Å². The number of nitrogens with zero attached hydrogens (tertiary/aromatic N) is 1. The molecule has 0 amide bonds. The number of Topliss-reactive ketones (excluding diaryl/α,β-unsaturated/α-hetero) is 1. The van der Waals surface area contributed by atoms with Crippen LogP contribution in [0.3, 0.4) is 0 Å². The Morgan fingerprint density at radius 2 is 1.92 bits per heavy atom. The van der Waals surface area contributed by atoms with Gasteiger partial charge in [0.1, 0.15) is 0 Å². The van der Waals surface area contributed by atoms with Crippen LogP contribution in [-0.4, -0.2) is 37.3 Å². The number of hydrogen-bond acceptors (Lipinski definition) is 3. The van der Waals surface area contributed by atoms with Gasteiger partial charge in [-0.15, -0.1) is 0 Å². The average Bonchev–Trinajstić information content (AvgIpc) is 2.58. The third kappa shape index (κ3) is 1.62. The van der Waals surface area contributed by atoms with Crippen molar-refractivity contribution in [3.05, 3.63) is 0 Å². The van der Waals surface area contributed by atoms with E-state index in [1.165, 1.54) is 10.6 Å². The fourth-order valence-corrected chi connectivity index (χ4v) is 2.79. The molecule has 0 N–H and O–H groups in total. The van der Waals surface area contributed by atoms with E-state index in [0.717, 1.165) is 12.8 Å². The van der Waals surface area contributed by atoms with Crippen molar-refractivity contribution in [3.8, 4) is 0 Å². The molecule has 0 radical (unpaired) electrons. The fraction of sp³-hybridized carbons (Fsp3) is 0.875. The summed E-state index contributed by atoms with van der Waals surface area (Å²) in [6.07, 6.45) is 3.78. The predicted molar refractivity (Wildman–Crippen MR) is 47.7 cm³/mol. The maximum atomic E-state index is 11.5. The second-order valence-corrected chi connectivity index (χ2v) is 5.79. The lowest BCUT2D eigenvalue weighted by Gasteiger charge is -2.37. The van der Waals surface area contributed by atoms with E-state index >= 15 is 0 Å². The van der Waals surface area contributed by atoms with Crippen LogP contribution in [0.5, 0.6) is 0 Å². The molecule has 0 aromatic rings. The van der Waals surface area contributed by atoms with Gasteiger partial charge in [0.25, 0.3) is 0 Å². The highest BCUT2D eigenvalue weighted by Crippen LogP contribution is 2.35. The summed E-state index contributed by atoms with van der Waals surface area (Å²) in [4.78, 5) is 11.5. The van der Waals surface area contributed by atoms with Gasteiger partial charge in [-0.1, -0.05) is 0 Å². The van der Waals surface area contributed by atoms with Crippen molar-refractivity contribution >= 4 is 15.8 Å². The molecule has 1 unspecified atom stereocenters. The van der Waals surface area contributed by atoms with Crippen LogP contribution >= 0.6 is 0 Å². The first-order valence-electron chi connectivity index (χ1n) is 4.50. The van der Waals surface area contributed by atoms with E-state index in [2.05, 4.69) is 0 Å². The molecule has 2 aliphatic rings. The highest BCUT2D eigenvalue weighted by atomic mass is 32.2. The summed E-state index contributed by atoms with van der Waals surface area (Å²) in [5.41, 5.74) is 0. The van der Waals surface area contributed by atoms with Crippen LogP contribution in [0, 0.1) is 5.92 Å². The summed E-state index contributed by atoms with van der Waals surface area (Å²) < 4.78 is 23.6. The monoisotopic (exact) mass is 203 g/mol. The van der Waals surface area contributed by atoms with Crippen LogP contribution < -0.4 is 0 Å². The zero-order valence-corrected chi connectivity index (χ0v) is 8.38. The van der Waals surface area contributed by atoms with Crippen LogP contribution in [-0.2, 0) is 14.8 Å². The summed E-state index contributed by atoms with van der Waals surface area (Å²) >= 11 is 0. The van der Waals surface area contributed by atoms with E-state index in [4.69, 9.17) is 0 Å². The standard InChI is InChI=1S/C8H13NO3S/c1-13(11,12)9-5-4-7(9)8(10)6-2-3-6/h6-7H,2-5H2,1H3. The predicted octanol–water partition coefficient (Wildman–Crippen LogP) is -0.000600. The highest BCUT2D eigenvalue weighted by Gasteiger charge is 2.45. The second-order valence-electron chi connectivity index (χ2n) is 3.85. The average molecular weight is 203 g/mol. The zero-order chi connectivity index (χ0) is 9.64. The van der Waals surface area contributed by atoms with Crippen molar-refractivity contribution in [2.45, 2.75) is 25.3 Å². The molecule has 1 aliphatic carbocycles. The number of hydrogen-bond donors (Lipinski definition) is 0. The zero-order valence-electron chi connectivity index (χ0n) is 7.56. The number of ketones is 1. The third-order valence-electron chi connectivity index (χ3n) is 2.70. The number of carbonyl (C=O) groups excluding carboxylic acids is 1. The molecule has 13 heavy (non-hydrogen) atoms. The first kappa shape index (κ1) is 9.15. The summed E-state index contributed by atoms with van der Waals surface area (Å²) in [5, 5.41) is 0. The first-order chi connectivity index (χ1) is 6.00. The van der Waals surface area contributed by atoms with Gasteiger partial charge in [-0.25, -0.2) is 8.42 Å². The molecule has 2 rings (SSSR count). The van der Waals surface area contributed by atoms with Gasteiger partial charge in [0, 0.05) is 12.5 Å². The Hall–Kier alpha value is -0.420. The third-order valence-corrected chi connectivity index (χ3v) is 3.99. The molecule has 1 heterocycles. The van der Waals surface area contributed by atoms with Gasteiger partial charge >= 0.3 is 0 Å². The normalized spacial score (nSPS) is 29.8. The van der Waals surface area contributed by atoms with Crippen molar-refractivity contribution in [1.82, 2.24) is 4.31 Å². The van der Waals surface area contributed by atoms with E-state index < -0.39 is 10.0 Å². The lowest BCUT2D eigenvalue weighted by atomic mass is 9.99. The summed E-state index contributed by atoms with van der Waals surface area (Å²) in [6, 6.07) is -0.331. The Kier molecular flexibility index (Phi) is 1.96. The number of rotatable bonds is 3. The quantitative estimate of drug-likeness (QED) is 0.648. The van der Waals surface area contributed by atoms with Crippen LogP contribution in [0.15, 0.2) is 0 Å². The molecule has 0 bridgehead atoms. The Morgan fingerprint density at radius 1 is 1.31 bits per heavy atom. The molecular formula is C8H13NO3S. The molecule has 0 spiro atoms. The molecule has 1 aliphatic heterocycles. The highest BCUT2D eigenvalue weighted by molar-refractivity contribution is 7.88. The fourth-order valence-electron chi connectivity index (χ4n) is 1.68. The first-order valence-corrected chi connectivity index (χ1v) is 6.35. The molecule has 1 atom stereocenters. The summed E-state index contributed by atoms with van der Waals surface area (Å²) in [7, 11) is -3.15. The Balaban J connectivity index is 2.05. The van der Waals surface area contributed by atoms with Gasteiger partial charge in [-0.2, -0.15) is 4.31 Å². The van der Waals surface area contributed by atoms with E-state index in [-0.39, 0.29) is 17.7 Å². The van der Waals surface area contributed by atoms with Gasteiger partial charge in [0.2, 0.25) is 10.0 Å². The Bertz CT molecular complexity index is 331. The Morgan fingerprint density at radius 3 is 2.23 bits per heavy atom. The summed E-state index contributed by atoms with van der Waals surface area (Å²) in [6.45, 7) is 0.516. The van der Waals surface area contributed by atoms with Gasteiger partial charge < -0.3 is 0 Å². The number of carbonyl (C=O) groups is 1. The molecule has 74 valence electrons. The molecular weight excluding hydrogens is 190 g/mol. The minimum Gasteiger partial charge on any atom is -0.298 e. The van der Waals surface area contributed by atoms with E-state index in [1.54, 1.807) is 0 Å². The molecule has 1 saturated heterocycles. The van der Waals surface area contributed by atoms with Crippen LogP contribution in [0.1, 0.15) is 19.3 Å². The van der Waals surface area contributed by atoms with E-state index in [9.17, 15) is 13.2 Å². The summed E-state index contributed by atoms with van der Waals surface area (Å²) in [5.74, 6) is 0.297. The van der Waals surface area contributed by atoms with Crippen LogP contribution in [0.4, 0.5) is 0 Å². The second kappa shape index (κ2) is 2.78. The molecule has 5 heteroatoms. The van der Waals surface area contributed by atoms with Crippen LogP contribution in [0.25, 0.3) is 0 Å². The topological polar surface area (TPSA) is 54.5 Å².